The van der Waals surface area contributed by atoms with Crippen molar-refractivity contribution in [2.24, 2.45) is 0 Å². The van der Waals surface area contributed by atoms with Crippen molar-refractivity contribution in [3.63, 3.8) is 0 Å². The Hall–Kier alpha value is -0.880. The summed E-state index contributed by atoms with van der Waals surface area (Å²) >= 11 is 4.72. The van der Waals surface area contributed by atoms with Gasteiger partial charge in [0.05, 0.1) is 12.2 Å². The van der Waals surface area contributed by atoms with Gasteiger partial charge < -0.3 is 10.1 Å². The maximum Gasteiger partial charge on any atom is 0.341 e. The molecule has 0 aliphatic carbocycles. The molecule has 0 aliphatic heterocycles. The lowest BCUT2D eigenvalue weighted by atomic mass is 10.2. The van der Waals surface area contributed by atoms with E-state index in [0.717, 1.165) is 23.0 Å². The molecule has 1 heterocycles. The molecule has 19 heavy (non-hydrogen) atoms. The Bertz CT molecular complexity index is 445. The minimum Gasteiger partial charge on any atom is -0.462 e. The van der Waals surface area contributed by atoms with Crippen LogP contribution in [0.2, 0.25) is 0 Å². The molecule has 1 aromatic rings. The average Bonchev–Trinajstić information content (AvgIpc) is 2.71. The summed E-state index contributed by atoms with van der Waals surface area (Å²) in [5.74, 6) is -0.448. The highest BCUT2D eigenvalue weighted by Crippen LogP contribution is 2.28. The van der Waals surface area contributed by atoms with E-state index in [1.165, 1.54) is 11.3 Å². The van der Waals surface area contributed by atoms with Crippen LogP contribution in [0.3, 0.4) is 0 Å². The molecule has 4 nitrogen and oxygen atoms in total. The van der Waals surface area contributed by atoms with Gasteiger partial charge in [-0.3, -0.25) is 4.79 Å². The maximum absolute atomic E-state index is 11.8. The number of nitrogens with one attached hydrogen (secondary N) is 1. The number of hydrogen-bond donors (Lipinski definition) is 1. The summed E-state index contributed by atoms with van der Waals surface area (Å²) in [6.45, 7) is 3.98. The summed E-state index contributed by atoms with van der Waals surface area (Å²) < 4.78 is 4.97. The number of carbonyl (C=O) groups excluding carboxylic acids is 2. The van der Waals surface area contributed by atoms with Gasteiger partial charge in [0, 0.05) is 16.6 Å². The molecule has 1 aromatic heterocycles. The molecule has 0 saturated carbocycles. The molecule has 0 aromatic carbocycles. The van der Waals surface area contributed by atoms with Crippen LogP contribution in [0.4, 0.5) is 5.00 Å². The molecule has 0 saturated heterocycles. The molecule has 1 rings (SSSR count). The number of carbonyl (C=O) groups is 2. The average molecular weight is 348 g/mol. The van der Waals surface area contributed by atoms with Gasteiger partial charge in [0.25, 0.3) is 0 Å². The molecule has 0 bridgehead atoms. The molecule has 0 unspecified atom stereocenters. The molecule has 0 atom stereocenters. The van der Waals surface area contributed by atoms with Crippen LogP contribution in [0.25, 0.3) is 0 Å². The van der Waals surface area contributed by atoms with E-state index in [2.05, 4.69) is 21.2 Å². The van der Waals surface area contributed by atoms with Crippen molar-refractivity contribution < 1.29 is 14.3 Å². The van der Waals surface area contributed by atoms with Crippen LogP contribution in [0, 0.1) is 6.92 Å². The zero-order valence-corrected chi connectivity index (χ0v) is 13.5. The van der Waals surface area contributed by atoms with E-state index in [9.17, 15) is 9.59 Å². The number of anilines is 1. The fourth-order valence-electron chi connectivity index (χ4n) is 1.54. The van der Waals surface area contributed by atoms with Crippen molar-refractivity contribution in [2.75, 3.05) is 17.3 Å². The fraction of sp³-hybridized carbons (Fsp3) is 0.538. The number of alkyl halides is 1. The first-order chi connectivity index (χ1) is 9.08. The summed E-state index contributed by atoms with van der Waals surface area (Å²) in [6.07, 6.45) is 2.25. The van der Waals surface area contributed by atoms with Crippen LogP contribution < -0.4 is 5.32 Å². The lowest BCUT2D eigenvalue weighted by molar-refractivity contribution is -0.116. The van der Waals surface area contributed by atoms with E-state index in [1.54, 1.807) is 13.0 Å². The Morgan fingerprint density at radius 2 is 2.16 bits per heavy atom. The second kappa shape index (κ2) is 8.32. The monoisotopic (exact) mass is 347 g/mol. The highest BCUT2D eigenvalue weighted by molar-refractivity contribution is 9.09. The summed E-state index contributed by atoms with van der Waals surface area (Å²) in [6, 6.07) is 1.75. The summed E-state index contributed by atoms with van der Waals surface area (Å²) in [7, 11) is 0. The topological polar surface area (TPSA) is 55.4 Å². The minimum atomic E-state index is -0.386. The van der Waals surface area contributed by atoms with Gasteiger partial charge in [-0.2, -0.15) is 0 Å². The van der Waals surface area contributed by atoms with Crippen molar-refractivity contribution in [1.29, 1.82) is 0 Å². The lowest BCUT2D eigenvalue weighted by Crippen LogP contribution is -2.13. The smallest absolute Gasteiger partial charge is 0.341 e. The molecule has 1 amide bonds. The Morgan fingerprint density at radius 3 is 2.79 bits per heavy atom. The number of rotatable bonds is 7. The van der Waals surface area contributed by atoms with Crippen molar-refractivity contribution in [3.8, 4) is 0 Å². The normalized spacial score (nSPS) is 10.3. The van der Waals surface area contributed by atoms with Gasteiger partial charge in [-0.05, 0) is 32.8 Å². The van der Waals surface area contributed by atoms with E-state index >= 15 is 0 Å². The van der Waals surface area contributed by atoms with Gasteiger partial charge >= 0.3 is 5.97 Å². The number of amides is 1. The van der Waals surface area contributed by atoms with Crippen LogP contribution in [0.1, 0.15) is 41.4 Å². The number of unbranched alkanes of at least 4 members (excludes halogenated alkanes) is 1. The van der Waals surface area contributed by atoms with Gasteiger partial charge in [0.15, 0.2) is 0 Å². The second-order valence-electron chi connectivity index (χ2n) is 4.01. The molecular formula is C13H18BrNO3S. The van der Waals surface area contributed by atoms with E-state index in [1.807, 2.05) is 6.92 Å². The molecule has 0 spiro atoms. The lowest BCUT2D eigenvalue weighted by Gasteiger charge is -2.05. The highest BCUT2D eigenvalue weighted by Gasteiger charge is 2.17. The molecular weight excluding hydrogens is 330 g/mol. The van der Waals surface area contributed by atoms with E-state index < -0.39 is 0 Å². The van der Waals surface area contributed by atoms with Crippen LogP contribution in [-0.4, -0.2) is 23.8 Å². The van der Waals surface area contributed by atoms with E-state index in [0.29, 0.717) is 23.6 Å². The van der Waals surface area contributed by atoms with Gasteiger partial charge in [0.1, 0.15) is 5.00 Å². The molecule has 0 aliphatic rings. The third-order valence-electron chi connectivity index (χ3n) is 2.39. The van der Waals surface area contributed by atoms with Crippen LogP contribution >= 0.6 is 27.3 Å². The van der Waals surface area contributed by atoms with Crippen molar-refractivity contribution in [2.45, 2.75) is 33.1 Å². The number of ether oxygens (including phenoxy) is 1. The Balaban J connectivity index is 2.67. The number of halogens is 1. The Morgan fingerprint density at radius 1 is 1.42 bits per heavy atom. The molecule has 0 fully saturated rings. The van der Waals surface area contributed by atoms with E-state index in [4.69, 9.17) is 4.74 Å². The SMILES string of the molecule is CCOC(=O)c1cc(C)sc1NC(=O)CCCCBr. The van der Waals surface area contributed by atoms with Crippen LogP contribution in [0.5, 0.6) is 0 Å². The van der Waals surface area contributed by atoms with Gasteiger partial charge in [-0.15, -0.1) is 11.3 Å². The minimum absolute atomic E-state index is 0.0617. The summed E-state index contributed by atoms with van der Waals surface area (Å²) in [5, 5.41) is 4.27. The predicted octanol–water partition coefficient (Wildman–Crippen LogP) is 3.74. The van der Waals surface area contributed by atoms with E-state index in [-0.39, 0.29) is 11.9 Å². The largest absolute Gasteiger partial charge is 0.462 e. The van der Waals surface area contributed by atoms with Crippen molar-refractivity contribution in [3.05, 3.63) is 16.5 Å². The maximum atomic E-state index is 11.8. The second-order valence-corrected chi connectivity index (χ2v) is 6.06. The van der Waals surface area contributed by atoms with Crippen LogP contribution in [-0.2, 0) is 9.53 Å². The number of esters is 1. The Labute approximate surface area is 125 Å². The third kappa shape index (κ3) is 5.32. The summed E-state index contributed by atoms with van der Waals surface area (Å²) in [5.41, 5.74) is 0.443. The van der Waals surface area contributed by atoms with Crippen LogP contribution in [0.15, 0.2) is 6.07 Å². The fourth-order valence-corrected chi connectivity index (χ4v) is 2.85. The van der Waals surface area contributed by atoms with Gasteiger partial charge in [0.2, 0.25) is 5.91 Å². The zero-order chi connectivity index (χ0) is 14.3. The summed E-state index contributed by atoms with van der Waals surface area (Å²) in [4.78, 5) is 24.5. The van der Waals surface area contributed by atoms with Gasteiger partial charge in [-0.25, -0.2) is 4.79 Å². The van der Waals surface area contributed by atoms with Crippen molar-refractivity contribution >= 4 is 44.1 Å². The molecule has 6 heteroatoms. The quantitative estimate of drug-likeness (QED) is 0.464. The highest BCUT2D eigenvalue weighted by atomic mass is 79.9. The first kappa shape index (κ1) is 16.2. The number of thiophene rings is 1. The third-order valence-corrected chi connectivity index (χ3v) is 3.92. The first-order valence-electron chi connectivity index (χ1n) is 6.21. The number of hydrogen-bond acceptors (Lipinski definition) is 4. The van der Waals surface area contributed by atoms with Crippen molar-refractivity contribution in [1.82, 2.24) is 0 Å². The molecule has 0 radical (unpaired) electrons. The predicted molar refractivity (Wildman–Crippen MR) is 81.3 cm³/mol. The Kier molecular flexibility index (Phi) is 7.09. The van der Waals surface area contributed by atoms with Gasteiger partial charge in [-0.1, -0.05) is 15.9 Å². The molecule has 1 N–H and O–H groups in total. The standard InChI is InChI=1S/C13H18BrNO3S/c1-3-18-13(17)10-8-9(2)19-12(10)15-11(16)6-4-5-7-14/h8H,3-7H2,1-2H3,(H,15,16). The number of aryl methyl sites for hydroxylation is 1. The molecule has 106 valence electrons. The zero-order valence-electron chi connectivity index (χ0n) is 11.1. The first-order valence-corrected chi connectivity index (χ1v) is 8.15.